The molecule has 1 amide bonds. The molecule has 0 aliphatic rings. The Morgan fingerprint density at radius 3 is 2.35 bits per heavy atom. The molecule has 1 rings (SSSR count). The zero-order valence-electron chi connectivity index (χ0n) is 13.9. The van der Waals surface area contributed by atoms with Crippen molar-refractivity contribution in [1.82, 2.24) is 5.32 Å². The summed E-state index contributed by atoms with van der Waals surface area (Å²) in [4.78, 5) is 27.2. The molecule has 0 heterocycles. The number of carbonyl (C=O) groups excluding carboxylic acids is 2. The number of rotatable bonds is 5. The molecule has 1 aromatic rings. The largest absolute Gasteiger partial charge is 0.464 e. The highest BCUT2D eigenvalue weighted by Crippen LogP contribution is 2.14. The van der Waals surface area contributed by atoms with Crippen LogP contribution in [0.3, 0.4) is 0 Å². The molecule has 1 aromatic carbocycles. The van der Waals surface area contributed by atoms with Crippen molar-refractivity contribution in [3.05, 3.63) is 41.2 Å². The minimum atomic E-state index is -0.844. The molecule has 23 heavy (non-hydrogen) atoms. The molecule has 6 heteroatoms. The van der Waals surface area contributed by atoms with E-state index >= 15 is 0 Å². The number of nitrogens with one attached hydrogen (secondary N) is 1. The van der Waals surface area contributed by atoms with Gasteiger partial charge in [0.05, 0.1) is 13.2 Å². The van der Waals surface area contributed by atoms with Gasteiger partial charge in [-0.15, -0.1) is 0 Å². The minimum absolute atomic E-state index is 0.224. The van der Waals surface area contributed by atoms with Crippen LogP contribution < -0.4 is 5.32 Å². The second-order valence-electron chi connectivity index (χ2n) is 5.93. The number of benzene rings is 1. The lowest BCUT2D eigenvalue weighted by Crippen LogP contribution is -2.45. The van der Waals surface area contributed by atoms with Crippen molar-refractivity contribution in [3.63, 3.8) is 0 Å². The van der Waals surface area contributed by atoms with E-state index in [2.05, 4.69) is 10.2 Å². The lowest BCUT2D eigenvalue weighted by Gasteiger charge is -2.23. The summed E-state index contributed by atoms with van der Waals surface area (Å²) in [6.07, 6.45) is -0.413. The summed E-state index contributed by atoms with van der Waals surface area (Å²) in [6.45, 7) is 14.1. The molecule has 0 bridgehead atoms. The predicted molar refractivity (Wildman–Crippen MR) is 86.2 cm³/mol. The molecule has 0 aliphatic heterocycles. The Morgan fingerprint density at radius 2 is 1.87 bits per heavy atom. The molecule has 0 aliphatic carbocycles. The summed E-state index contributed by atoms with van der Waals surface area (Å²) in [6, 6.07) is 5.98. The standard InChI is InChI=1S/C17H22N2O4/c1-6-22-15(20)14(19-16(21)23-17(2,3)4)11-12-7-9-13(18-5)10-8-12/h7-10,14H,6,11H2,1-4H3,(H,19,21)/t14-/m0/s1. The lowest BCUT2D eigenvalue weighted by molar-refractivity contribution is -0.145. The van der Waals surface area contributed by atoms with Crippen LogP contribution in [0.15, 0.2) is 24.3 Å². The van der Waals surface area contributed by atoms with Crippen LogP contribution in [0.2, 0.25) is 0 Å². The second kappa shape index (κ2) is 8.18. The normalized spacial score (nSPS) is 12.0. The van der Waals surface area contributed by atoms with Gasteiger partial charge in [-0.2, -0.15) is 0 Å². The molecule has 1 atom stereocenters. The first kappa shape index (κ1) is 18.5. The quantitative estimate of drug-likeness (QED) is 0.668. The first-order valence-corrected chi connectivity index (χ1v) is 7.37. The molecule has 124 valence electrons. The van der Waals surface area contributed by atoms with Gasteiger partial charge in [0.1, 0.15) is 11.6 Å². The predicted octanol–water partition coefficient (Wildman–Crippen LogP) is 3.24. The summed E-state index contributed by atoms with van der Waals surface area (Å²) in [5.74, 6) is -0.521. The van der Waals surface area contributed by atoms with Crippen LogP contribution >= 0.6 is 0 Å². The Labute approximate surface area is 136 Å². The molecule has 0 fully saturated rings. The SMILES string of the molecule is [C-]#[N+]c1ccc(C[C@H](NC(=O)OC(C)(C)C)C(=O)OCC)cc1. The highest BCUT2D eigenvalue weighted by atomic mass is 16.6. The Bertz CT molecular complexity index is 582. The fourth-order valence-corrected chi connectivity index (χ4v) is 1.83. The van der Waals surface area contributed by atoms with E-state index in [4.69, 9.17) is 16.0 Å². The number of hydrogen-bond acceptors (Lipinski definition) is 4. The van der Waals surface area contributed by atoms with E-state index in [1.54, 1.807) is 52.0 Å². The lowest BCUT2D eigenvalue weighted by atomic mass is 10.1. The zero-order chi connectivity index (χ0) is 17.5. The summed E-state index contributed by atoms with van der Waals surface area (Å²) < 4.78 is 10.2. The monoisotopic (exact) mass is 318 g/mol. The first-order valence-electron chi connectivity index (χ1n) is 7.37. The molecule has 1 N–H and O–H groups in total. The van der Waals surface area contributed by atoms with Crippen molar-refractivity contribution in [3.8, 4) is 0 Å². The van der Waals surface area contributed by atoms with Gasteiger partial charge in [-0.25, -0.2) is 14.4 Å². The Balaban J connectivity index is 2.81. The first-order chi connectivity index (χ1) is 10.7. The van der Waals surface area contributed by atoms with Crippen LogP contribution in [0.25, 0.3) is 4.85 Å². The van der Waals surface area contributed by atoms with E-state index in [0.717, 1.165) is 5.56 Å². The highest BCUT2D eigenvalue weighted by Gasteiger charge is 2.25. The smallest absolute Gasteiger partial charge is 0.408 e. The van der Waals surface area contributed by atoms with Gasteiger partial charge in [-0.1, -0.05) is 24.3 Å². The average Bonchev–Trinajstić information content (AvgIpc) is 2.45. The number of alkyl carbamates (subject to hydrolysis) is 1. The van der Waals surface area contributed by atoms with Gasteiger partial charge in [-0.3, -0.25) is 0 Å². The zero-order valence-corrected chi connectivity index (χ0v) is 13.9. The van der Waals surface area contributed by atoms with Gasteiger partial charge in [0, 0.05) is 6.42 Å². The fourth-order valence-electron chi connectivity index (χ4n) is 1.83. The number of carbonyl (C=O) groups is 2. The number of nitrogens with zero attached hydrogens (tertiary/aromatic N) is 1. The summed E-state index contributed by atoms with van der Waals surface area (Å²) >= 11 is 0. The summed E-state index contributed by atoms with van der Waals surface area (Å²) in [5, 5.41) is 2.54. The van der Waals surface area contributed by atoms with Crippen molar-refractivity contribution in [2.24, 2.45) is 0 Å². The van der Waals surface area contributed by atoms with Crippen molar-refractivity contribution >= 4 is 17.7 Å². The van der Waals surface area contributed by atoms with Crippen molar-refractivity contribution in [1.29, 1.82) is 0 Å². The number of amides is 1. The maximum Gasteiger partial charge on any atom is 0.408 e. The molecular weight excluding hydrogens is 296 g/mol. The molecule has 0 aromatic heterocycles. The van der Waals surface area contributed by atoms with Crippen molar-refractivity contribution < 1.29 is 19.1 Å². The van der Waals surface area contributed by atoms with Gasteiger partial charge in [0.2, 0.25) is 0 Å². The Kier molecular flexibility index (Phi) is 6.58. The summed E-state index contributed by atoms with van der Waals surface area (Å²) in [7, 11) is 0. The van der Waals surface area contributed by atoms with E-state index in [1.807, 2.05) is 0 Å². The van der Waals surface area contributed by atoms with E-state index in [-0.39, 0.29) is 13.0 Å². The number of esters is 1. The Hall–Kier alpha value is -2.55. The van der Waals surface area contributed by atoms with Gasteiger partial charge < -0.3 is 14.8 Å². The molecule has 0 saturated carbocycles. The van der Waals surface area contributed by atoms with Gasteiger partial charge in [0.15, 0.2) is 5.69 Å². The molecule has 0 spiro atoms. The third-order valence-corrected chi connectivity index (χ3v) is 2.77. The number of ether oxygens (including phenoxy) is 2. The van der Waals surface area contributed by atoms with E-state index in [1.165, 1.54) is 0 Å². The van der Waals surface area contributed by atoms with Crippen LogP contribution in [-0.2, 0) is 20.7 Å². The topological polar surface area (TPSA) is 69.0 Å². The van der Waals surface area contributed by atoms with Gasteiger partial charge in [0.25, 0.3) is 0 Å². The van der Waals surface area contributed by atoms with Gasteiger partial charge >= 0.3 is 12.1 Å². The maximum absolute atomic E-state index is 12.0. The van der Waals surface area contributed by atoms with Gasteiger partial charge in [-0.05, 0) is 33.3 Å². The van der Waals surface area contributed by atoms with Crippen LogP contribution in [0.5, 0.6) is 0 Å². The van der Waals surface area contributed by atoms with Crippen molar-refractivity contribution in [2.75, 3.05) is 6.61 Å². The van der Waals surface area contributed by atoms with Crippen LogP contribution in [0, 0.1) is 6.57 Å². The molecule has 0 radical (unpaired) electrons. The summed E-state index contributed by atoms with van der Waals surface area (Å²) in [5.41, 5.74) is 0.675. The molecular formula is C17H22N2O4. The van der Waals surface area contributed by atoms with Crippen LogP contribution in [-0.4, -0.2) is 30.3 Å². The van der Waals surface area contributed by atoms with Crippen LogP contribution in [0.4, 0.5) is 10.5 Å². The van der Waals surface area contributed by atoms with E-state index in [0.29, 0.717) is 5.69 Å². The second-order valence-corrected chi connectivity index (χ2v) is 5.93. The van der Waals surface area contributed by atoms with E-state index in [9.17, 15) is 9.59 Å². The Morgan fingerprint density at radius 1 is 1.26 bits per heavy atom. The van der Waals surface area contributed by atoms with Crippen molar-refractivity contribution in [2.45, 2.75) is 45.8 Å². The highest BCUT2D eigenvalue weighted by molar-refractivity contribution is 5.81. The maximum atomic E-state index is 12.0. The fraction of sp³-hybridized carbons (Fsp3) is 0.471. The third-order valence-electron chi connectivity index (χ3n) is 2.77. The average molecular weight is 318 g/mol. The molecule has 0 saturated heterocycles. The minimum Gasteiger partial charge on any atom is -0.464 e. The molecule has 0 unspecified atom stereocenters. The third kappa shape index (κ3) is 6.83. The van der Waals surface area contributed by atoms with Crippen LogP contribution in [0.1, 0.15) is 33.3 Å². The molecule has 6 nitrogen and oxygen atoms in total. The number of hydrogen-bond donors (Lipinski definition) is 1. The van der Waals surface area contributed by atoms with E-state index < -0.39 is 23.7 Å².